The standard InChI is InChI=1S/C20H29N3O5/c1-5-17(20(26)28-7-3)14(4)22-23-19(25)13-12-18(24)21-15-8-10-16(11-9-15)27-6-2/h8-11,17H,5-7,12-13H2,1-4H3,(H,21,24)(H,23,25). The number of hydrogen-bond donors (Lipinski definition) is 2. The minimum absolute atomic E-state index is 0.0166. The smallest absolute Gasteiger partial charge is 0.314 e. The molecule has 0 saturated heterocycles. The maximum atomic E-state index is 12.0. The second-order valence-electron chi connectivity index (χ2n) is 6.01. The first-order valence-corrected chi connectivity index (χ1v) is 9.43. The molecule has 2 amide bonds. The van der Waals surface area contributed by atoms with Gasteiger partial charge >= 0.3 is 5.97 Å². The second kappa shape index (κ2) is 12.5. The van der Waals surface area contributed by atoms with Gasteiger partial charge in [0.1, 0.15) is 5.75 Å². The molecular formula is C20H29N3O5. The van der Waals surface area contributed by atoms with E-state index in [4.69, 9.17) is 9.47 Å². The normalized spacial score (nSPS) is 12.1. The Bertz CT molecular complexity index is 686. The van der Waals surface area contributed by atoms with Gasteiger partial charge < -0.3 is 14.8 Å². The van der Waals surface area contributed by atoms with Gasteiger partial charge in [-0.1, -0.05) is 6.92 Å². The number of benzene rings is 1. The van der Waals surface area contributed by atoms with Gasteiger partial charge in [0.2, 0.25) is 11.8 Å². The van der Waals surface area contributed by atoms with Crippen LogP contribution in [-0.2, 0) is 19.1 Å². The highest BCUT2D eigenvalue weighted by atomic mass is 16.5. The molecule has 8 nitrogen and oxygen atoms in total. The lowest BCUT2D eigenvalue weighted by molar-refractivity contribution is -0.145. The minimum Gasteiger partial charge on any atom is -0.494 e. The van der Waals surface area contributed by atoms with Gasteiger partial charge in [-0.3, -0.25) is 14.4 Å². The molecule has 0 radical (unpaired) electrons. The molecule has 0 fully saturated rings. The lowest BCUT2D eigenvalue weighted by Crippen LogP contribution is -2.27. The van der Waals surface area contributed by atoms with Crippen molar-refractivity contribution in [2.45, 2.75) is 47.0 Å². The van der Waals surface area contributed by atoms with Gasteiger partial charge in [-0.2, -0.15) is 5.10 Å². The van der Waals surface area contributed by atoms with Gasteiger partial charge in [0, 0.05) is 24.2 Å². The lowest BCUT2D eigenvalue weighted by Gasteiger charge is -2.13. The highest BCUT2D eigenvalue weighted by Crippen LogP contribution is 2.16. The summed E-state index contributed by atoms with van der Waals surface area (Å²) >= 11 is 0. The summed E-state index contributed by atoms with van der Waals surface area (Å²) in [6.07, 6.45) is 0.521. The first kappa shape index (κ1) is 23.1. The van der Waals surface area contributed by atoms with E-state index in [1.165, 1.54) is 0 Å². The highest BCUT2D eigenvalue weighted by Gasteiger charge is 2.21. The SMILES string of the molecule is CCOC(=O)C(CC)C(C)=NNC(=O)CCC(=O)Nc1ccc(OCC)cc1. The summed E-state index contributed by atoms with van der Waals surface area (Å²) in [5, 5.41) is 6.67. The largest absolute Gasteiger partial charge is 0.494 e. The first-order valence-electron chi connectivity index (χ1n) is 9.43. The number of amides is 2. The number of carbonyl (C=O) groups excluding carboxylic acids is 3. The van der Waals surface area contributed by atoms with E-state index in [-0.39, 0.29) is 24.7 Å². The Hall–Kier alpha value is -2.90. The van der Waals surface area contributed by atoms with Crippen LogP contribution in [0, 0.1) is 5.92 Å². The molecule has 0 heterocycles. The van der Waals surface area contributed by atoms with Crippen LogP contribution in [0.1, 0.15) is 47.0 Å². The van der Waals surface area contributed by atoms with Crippen molar-refractivity contribution in [3.63, 3.8) is 0 Å². The van der Waals surface area contributed by atoms with Crippen molar-refractivity contribution in [1.29, 1.82) is 0 Å². The minimum atomic E-state index is -0.497. The van der Waals surface area contributed by atoms with Gasteiger partial charge in [-0.15, -0.1) is 0 Å². The monoisotopic (exact) mass is 391 g/mol. The Morgan fingerprint density at radius 3 is 2.21 bits per heavy atom. The third-order valence-corrected chi connectivity index (χ3v) is 3.87. The predicted molar refractivity (Wildman–Crippen MR) is 107 cm³/mol. The Kier molecular flexibility index (Phi) is 10.3. The van der Waals surface area contributed by atoms with Gasteiger partial charge in [0.15, 0.2) is 0 Å². The second-order valence-corrected chi connectivity index (χ2v) is 6.01. The average Bonchev–Trinajstić information content (AvgIpc) is 2.67. The Morgan fingerprint density at radius 1 is 1.00 bits per heavy atom. The molecule has 0 aromatic heterocycles. The molecule has 1 aromatic carbocycles. The summed E-state index contributed by atoms with van der Waals surface area (Å²) in [7, 11) is 0. The van der Waals surface area contributed by atoms with Crippen LogP contribution in [0.2, 0.25) is 0 Å². The van der Waals surface area contributed by atoms with Crippen molar-refractivity contribution in [2.75, 3.05) is 18.5 Å². The molecule has 0 aliphatic rings. The number of ether oxygens (including phenoxy) is 2. The van der Waals surface area contributed by atoms with Crippen LogP contribution in [0.15, 0.2) is 29.4 Å². The third-order valence-electron chi connectivity index (χ3n) is 3.87. The zero-order chi connectivity index (χ0) is 20.9. The molecule has 1 atom stereocenters. The van der Waals surface area contributed by atoms with Crippen LogP contribution >= 0.6 is 0 Å². The van der Waals surface area contributed by atoms with Gasteiger partial charge in [-0.25, -0.2) is 5.43 Å². The van der Waals surface area contributed by atoms with Crippen LogP contribution in [-0.4, -0.2) is 36.7 Å². The van der Waals surface area contributed by atoms with Gasteiger partial charge in [0.05, 0.1) is 19.1 Å². The summed E-state index contributed by atoms with van der Waals surface area (Å²) < 4.78 is 10.3. The van der Waals surface area contributed by atoms with Gasteiger partial charge in [-0.05, 0) is 51.5 Å². The maximum Gasteiger partial charge on any atom is 0.314 e. The number of esters is 1. The lowest BCUT2D eigenvalue weighted by atomic mass is 10.0. The molecule has 0 saturated carbocycles. The summed E-state index contributed by atoms with van der Waals surface area (Å²) in [6, 6.07) is 6.99. The summed E-state index contributed by atoms with van der Waals surface area (Å²) in [4.78, 5) is 35.7. The summed E-state index contributed by atoms with van der Waals surface area (Å²) in [6.45, 7) is 7.99. The average molecular weight is 391 g/mol. The topological polar surface area (TPSA) is 106 Å². The fourth-order valence-electron chi connectivity index (χ4n) is 2.41. The molecule has 1 rings (SSSR count). The molecule has 0 aliphatic carbocycles. The molecule has 0 spiro atoms. The van der Waals surface area contributed by atoms with Gasteiger partial charge in [0.25, 0.3) is 0 Å². The molecule has 8 heteroatoms. The van der Waals surface area contributed by atoms with Crippen molar-refractivity contribution in [3.05, 3.63) is 24.3 Å². The van der Waals surface area contributed by atoms with E-state index >= 15 is 0 Å². The van der Waals surface area contributed by atoms with E-state index in [1.807, 2.05) is 13.8 Å². The molecule has 2 N–H and O–H groups in total. The fourth-order valence-corrected chi connectivity index (χ4v) is 2.41. The highest BCUT2D eigenvalue weighted by molar-refractivity contribution is 6.01. The summed E-state index contributed by atoms with van der Waals surface area (Å²) in [5.74, 6) is -0.822. The number of nitrogens with one attached hydrogen (secondary N) is 2. The van der Waals surface area contributed by atoms with Crippen LogP contribution in [0.4, 0.5) is 5.69 Å². The Morgan fingerprint density at radius 2 is 1.64 bits per heavy atom. The zero-order valence-electron chi connectivity index (χ0n) is 16.9. The van der Waals surface area contributed by atoms with Crippen molar-refractivity contribution in [2.24, 2.45) is 11.0 Å². The molecule has 28 heavy (non-hydrogen) atoms. The first-order chi connectivity index (χ1) is 13.4. The van der Waals surface area contributed by atoms with Crippen molar-refractivity contribution in [3.8, 4) is 5.75 Å². The number of carbonyl (C=O) groups is 3. The Balaban J connectivity index is 2.44. The van der Waals surface area contributed by atoms with Crippen molar-refractivity contribution >= 4 is 29.2 Å². The molecule has 1 aromatic rings. The molecule has 1 unspecified atom stereocenters. The maximum absolute atomic E-state index is 12.0. The zero-order valence-corrected chi connectivity index (χ0v) is 16.9. The molecular weight excluding hydrogens is 362 g/mol. The molecule has 0 bridgehead atoms. The summed E-state index contributed by atoms with van der Waals surface area (Å²) in [5.41, 5.74) is 3.47. The predicted octanol–water partition coefficient (Wildman–Crippen LogP) is 2.89. The quantitative estimate of drug-likeness (QED) is 0.343. The number of rotatable bonds is 11. The van der Waals surface area contributed by atoms with E-state index < -0.39 is 11.8 Å². The van der Waals surface area contributed by atoms with Crippen molar-refractivity contribution in [1.82, 2.24) is 5.43 Å². The van der Waals surface area contributed by atoms with E-state index in [1.54, 1.807) is 38.1 Å². The third kappa shape index (κ3) is 8.20. The fraction of sp³-hybridized carbons (Fsp3) is 0.500. The van der Waals surface area contributed by atoms with E-state index in [0.29, 0.717) is 31.0 Å². The number of anilines is 1. The van der Waals surface area contributed by atoms with Crippen LogP contribution < -0.4 is 15.5 Å². The van der Waals surface area contributed by atoms with Crippen LogP contribution in [0.5, 0.6) is 5.75 Å². The molecule has 0 aliphatic heterocycles. The molecule has 154 valence electrons. The van der Waals surface area contributed by atoms with E-state index in [2.05, 4.69) is 15.8 Å². The number of hydrogen-bond acceptors (Lipinski definition) is 6. The Labute approximate surface area is 165 Å². The van der Waals surface area contributed by atoms with Crippen LogP contribution in [0.25, 0.3) is 0 Å². The van der Waals surface area contributed by atoms with Crippen molar-refractivity contribution < 1.29 is 23.9 Å². The number of nitrogens with zero attached hydrogens (tertiary/aromatic N) is 1. The van der Waals surface area contributed by atoms with Crippen LogP contribution in [0.3, 0.4) is 0 Å². The number of hydrazone groups is 1. The van der Waals surface area contributed by atoms with E-state index in [9.17, 15) is 14.4 Å². The van der Waals surface area contributed by atoms with E-state index in [0.717, 1.165) is 5.75 Å².